The number of anilines is 1. The van der Waals surface area contributed by atoms with E-state index in [-0.39, 0.29) is 5.82 Å². The van der Waals surface area contributed by atoms with Gasteiger partial charge in [0, 0.05) is 19.2 Å². The number of aryl methyl sites for hydroxylation is 1. The van der Waals surface area contributed by atoms with E-state index < -0.39 is 11.8 Å². The van der Waals surface area contributed by atoms with Crippen LogP contribution >= 0.6 is 0 Å². The second kappa shape index (κ2) is 8.35. The molecule has 6 nitrogen and oxygen atoms in total. The lowest BCUT2D eigenvalue weighted by Gasteiger charge is -2.21. The zero-order valence-corrected chi connectivity index (χ0v) is 12.4. The Balaban J connectivity index is 2.59. The first-order chi connectivity index (χ1) is 9.58. The summed E-state index contributed by atoms with van der Waals surface area (Å²) in [4.78, 5) is 25.6. The maximum atomic E-state index is 12.1. The zero-order valence-electron chi connectivity index (χ0n) is 12.4. The third-order valence-electron chi connectivity index (χ3n) is 2.91. The monoisotopic (exact) mass is 281 g/mol. The van der Waals surface area contributed by atoms with Crippen molar-refractivity contribution in [2.75, 3.05) is 18.4 Å². The van der Waals surface area contributed by atoms with Gasteiger partial charge < -0.3 is 9.42 Å². The molecule has 0 bridgehead atoms. The van der Waals surface area contributed by atoms with E-state index in [1.807, 2.05) is 0 Å². The molecule has 0 aliphatic carbocycles. The highest BCUT2D eigenvalue weighted by Gasteiger charge is 2.21. The van der Waals surface area contributed by atoms with Crippen LogP contribution in [0.1, 0.15) is 45.3 Å². The summed E-state index contributed by atoms with van der Waals surface area (Å²) in [6.45, 7) is 7.06. The van der Waals surface area contributed by atoms with E-state index in [0.29, 0.717) is 18.8 Å². The summed E-state index contributed by atoms with van der Waals surface area (Å²) in [5.74, 6) is -0.314. The number of unbranched alkanes of at least 4 members (excludes halogenated alkanes) is 2. The molecule has 0 aliphatic rings. The Labute approximate surface area is 119 Å². The molecule has 1 N–H and O–H groups in total. The van der Waals surface area contributed by atoms with Crippen LogP contribution in [0.25, 0.3) is 0 Å². The van der Waals surface area contributed by atoms with Crippen molar-refractivity contribution in [3.05, 3.63) is 11.8 Å². The van der Waals surface area contributed by atoms with Crippen molar-refractivity contribution >= 4 is 17.6 Å². The van der Waals surface area contributed by atoms with Crippen molar-refractivity contribution in [2.45, 2.75) is 46.5 Å². The molecule has 1 aromatic rings. The molecule has 2 amide bonds. The number of hydrogen-bond donors (Lipinski definition) is 1. The molecule has 0 spiro atoms. The molecule has 1 rings (SSSR count). The van der Waals surface area contributed by atoms with E-state index in [1.165, 1.54) is 0 Å². The summed E-state index contributed by atoms with van der Waals surface area (Å²) in [5.41, 5.74) is 0. The van der Waals surface area contributed by atoms with Gasteiger partial charge in [-0.05, 0) is 19.8 Å². The highest BCUT2D eigenvalue weighted by Crippen LogP contribution is 2.08. The van der Waals surface area contributed by atoms with Crippen molar-refractivity contribution < 1.29 is 14.1 Å². The van der Waals surface area contributed by atoms with Crippen LogP contribution in [0.4, 0.5) is 5.82 Å². The minimum Gasteiger partial charge on any atom is -0.360 e. The van der Waals surface area contributed by atoms with Crippen LogP contribution in [-0.4, -0.2) is 35.0 Å². The number of hydrogen-bond acceptors (Lipinski definition) is 4. The molecule has 0 aliphatic heterocycles. The second-order valence-corrected chi connectivity index (χ2v) is 4.78. The van der Waals surface area contributed by atoms with Crippen molar-refractivity contribution in [2.24, 2.45) is 0 Å². The van der Waals surface area contributed by atoms with Crippen molar-refractivity contribution in [1.82, 2.24) is 10.1 Å². The molecular formula is C14H23N3O3. The molecule has 1 heterocycles. The van der Waals surface area contributed by atoms with Gasteiger partial charge in [-0.1, -0.05) is 31.8 Å². The minimum atomic E-state index is -0.662. The molecule has 112 valence electrons. The van der Waals surface area contributed by atoms with E-state index in [4.69, 9.17) is 4.52 Å². The third-order valence-corrected chi connectivity index (χ3v) is 2.91. The Hall–Kier alpha value is -1.85. The lowest BCUT2D eigenvalue weighted by atomic mass is 10.2. The van der Waals surface area contributed by atoms with Gasteiger partial charge >= 0.3 is 11.8 Å². The van der Waals surface area contributed by atoms with Gasteiger partial charge in [0.05, 0.1) is 0 Å². The van der Waals surface area contributed by atoms with Crippen LogP contribution in [0.15, 0.2) is 10.6 Å². The Morgan fingerprint density at radius 2 is 1.85 bits per heavy atom. The molecular weight excluding hydrogens is 258 g/mol. The summed E-state index contributed by atoms with van der Waals surface area (Å²) in [5, 5.41) is 6.10. The fraction of sp³-hybridized carbons (Fsp3) is 0.643. The van der Waals surface area contributed by atoms with Gasteiger partial charge in [-0.25, -0.2) is 0 Å². The van der Waals surface area contributed by atoms with Crippen LogP contribution < -0.4 is 5.32 Å². The van der Waals surface area contributed by atoms with Crippen molar-refractivity contribution in [3.63, 3.8) is 0 Å². The van der Waals surface area contributed by atoms with Crippen molar-refractivity contribution in [3.8, 4) is 0 Å². The molecule has 0 unspecified atom stereocenters. The normalized spacial score (nSPS) is 10.3. The molecule has 0 saturated carbocycles. The SMILES string of the molecule is CCCCN(CCCC)C(=O)C(=O)Nc1cc(C)on1. The van der Waals surface area contributed by atoms with Crippen LogP contribution in [0.5, 0.6) is 0 Å². The number of nitrogens with zero attached hydrogens (tertiary/aromatic N) is 2. The third kappa shape index (κ3) is 5.03. The van der Waals surface area contributed by atoms with E-state index in [2.05, 4.69) is 24.3 Å². The zero-order chi connectivity index (χ0) is 15.0. The largest absolute Gasteiger partial charge is 0.360 e. The predicted octanol–water partition coefficient (Wildman–Crippen LogP) is 2.35. The van der Waals surface area contributed by atoms with Gasteiger partial charge in [-0.2, -0.15) is 0 Å². The number of amides is 2. The Bertz CT molecular complexity index is 435. The van der Waals surface area contributed by atoms with Gasteiger partial charge in [-0.15, -0.1) is 0 Å². The Morgan fingerprint density at radius 1 is 1.25 bits per heavy atom. The van der Waals surface area contributed by atoms with Crippen LogP contribution in [0, 0.1) is 6.92 Å². The smallest absolute Gasteiger partial charge is 0.315 e. The number of carbonyl (C=O) groups is 2. The fourth-order valence-corrected chi connectivity index (χ4v) is 1.75. The first kappa shape index (κ1) is 16.2. The second-order valence-electron chi connectivity index (χ2n) is 4.78. The first-order valence-corrected chi connectivity index (χ1v) is 7.12. The lowest BCUT2D eigenvalue weighted by molar-refractivity contribution is -0.143. The highest BCUT2D eigenvalue weighted by molar-refractivity contribution is 6.39. The van der Waals surface area contributed by atoms with Crippen LogP contribution in [0.2, 0.25) is 0 Å². The summed E-state index contributed by atoms with van der Waals surface area (Å²) in [6.07, 6.45) is 3.76. The highest BCUT2D eigenvalue weighted by atomic mass is 16.5. The first-order valence-electron chi connectivity index (χ1n) is 7.12. The quantitative estimate of drug-likeness (QED) is 0.778. The van der Waals surface area contributed by atoms with E-state index >= 15 is 0 Å². The summed E-state index contributed by atoms with van der Waals surface area (Å²) < 4.78 is 4.85. The standard InChI is InChI=1S/C14H23N3O3/c1-4-6-8-17(9-7-5-2)14(19)13(18)15-12-10-11(3)20-16-12/h10H,4-9H2,1-3H3,(H,15,16,18). The molecule has 20 heavy (non-hydrogen) atoms. The van der Waals surface area contributed by atoms with Gasteiger partial charge in [-0.3, -0.25) is 14.9 Å². The lowest BCUT2D eigenvalue weighted by Crippen LogP contribution is -2.40. The predicted molar refractivity (Wildman–Crippen MR) is 76.3 cm³/mol. The van der Waals surface area contributed by atoms with Crippen LogP contribution in [0.3, 0.4) is 0 Å². The number of rotatable bonds is 7. The molecule has 0 atom stereocenters. The summed E-state index contributed by atoms with van der Waals surface area (Å²) in [6, 6.07) is 1.58. The molecule has 1 aromatic heterocycles. The van der Waals surface area contributed by atoms with E-state index in [1.54, 1.807) is 17.9 Å². The Kier molecular flexibility index (Phi) is 6.76. The average molecular weight is 281 g/mol. The van der Waals surface area contributed by atoms with Crippen molar-refractivity contribution in [1.29, 1.82) is 0 Å². The molecule has 6 heteroatoms. The minimum absolute atomic E-state index is 0.270. The maximum absolute atomic E-state index is 12.1. The topological polar surface area (TPSA) is 75.4 Å². The number of aromatic nitrogens is 1. The van der Waals surface area contributed by atoms with Gasteiger partial charge in [0.2, 0.25) is 0 Å². The fourth-order valence-electron chi connectivity index (χ4n) is 1.75. The Morgan fingerprint density at radius 3 is 2.30 bits per heavy atom. The average Bonchev–Trinajstić information content (AvgIpc) is 2.83. The molecule has 0 aromatic carbocycles. The van der Waals surface area contributed by atoms with Crippen LogP contribution in [-0.2, 0) is 9.59 Å². The number of nitrogens with one attached hydrogen (secondary N) is 1. The van der Waals surface area contributed by atoms with E-state index in [0.717, 1.165) is 25.7 Å². The maximum Gasteiger partial charge on any atom is 0.315 e. The molecule has 0 radical (unpaired) electrons. The van der Waals surface area contributed by atoms with Gasteiger partial charge in [0.15, 0.2) is 5.82 Å². The van der Waals surface area contributed by atoms with E-state index in [9.17, 15) is 9.59 Å². The summed E-state index contributed by atoms with van der Waals surface area (Å²) >= 11 is 0. The number of carbonyl (C=O) groups excluding carboxylic acids is 2. The van der Waals surface area contributed by atoms with Gasteiger partial charge in [0.25, 0.3) is 0 Å². The molecule has 0 fully saturated rings. The molecule has 0 saturated heterocycles. The summed E-state index contributed by atoms with van der Waals surface area (Å²) in [7, 11) is 0. The van der Waals surface area contributed by atoms with Gasteiger partial charge in [0.1, 0.15) is 5.76 Å².